The molecule has 0 aromatic carbocycles. The number of alkyl halides is 1. The Hall–Kier alpha value is -0.0500. The van der Waals surface area contributed by atoms with Gasteiger partial charge in [0.15, 0.2) is 0 Å². The molecule has 2 saturated carbocycles. The Balaban J connectivity index is 1.91. The number of nitrogens with one attached hydrogen (secondary N) is 1. The Morgan fingerprint density at radius 3 is 2.47 bits per heavy atom. The Bertz CT molecular complexity index is 248. The maximum atomic E-state index is 12.1. The van der Waals surface area contributed by atoms with Crippen LogP contribution in [0.5, 0.6) is 0 Å². The molecular weight excluding hydrogens is 254 g/mol. The van der Waals surface area contributed by atoms with E-state index in [1.54, 1.807) is 0 Å². The van der Waals surface area contributed by atoms with E-state index in [9.17, 15) is 4.79 Å². The monoisotopic (exact) mass is 273 g/mol. The summed E-state index contributed by atoms with van der Waals surface area (Å²) in [5.41, 5.74) is -0.0741. The van der Waals surface area contributed by atoms with Crippen LogP contribution in [0.3, 0.4) is 0 Å². The number of carbonyl (C=O) groups excluding carboxylic acids is 1. The second-order valence-corrected chi connectivity index (χ2v) is 6.47. The average Bonchev–Trinajstić information content (AvgIpc) is 2.78. The molecule has 2 fully saturated rings. The smallest absolute Gasteiger partial charge is 0.226 e. The molecule has 86 valence electrons. The van der Waals surface area contributed by atoms with Crippen molar-refractivity contribution in [3.63, 3.8) is 0 Å². The summed E-state index contributed by atoms with van der Waals surface area (Å²) in [5, 5.41) is 3.23. The van der Waals surface area contributed by atoms with Gasteiger partial charge in [-0.05, 0) is 25.7 Å². The number of halogens is 1. The van der Waals surface area contributed by atoms with Crippen molar-refractivity contribution in [1.29, 1.82) is 0 Å². The molecule has 0 radical (unpaired) electrons. The largest absolute Gasteiger partial charge is 0.352 e. The van der Waals surface area contributed by atoms with Gasteiger partial charge in [-0.15, -0.1) is 0 Å². The molecule has 2 nitrogen and oxygen atoms in total. The molecular formula is C12H20BrNO. The molecule has 2 unspecified atom stereocenters. The number of amides is 1. The first-order valence-corrected chi connectivity index (χ1v) is 6.98. The Labute approximate surface area is 100 Å². The minimum Gasteiger partial charge on any atom is -0.352 e. The van der Waals surface area contributed by atoms with Crippen molar-refractivity contribution in [3.8, 4) is 0 Å². The SMILES string of the molecule is CC1(C(=O)NC2CCCC2Br)CCCC1. The highest BCUT2D eigenvalue weighted by Gasteiger charge is 2.38. The van der Waals surface area contributed by atoms with E-state index in [0.29, 0.717) is 10.9 Å². The fraction of sp³-hybridized carbons (Fsp3) is 0.917. The highest BCUT2D eigenvalue weighted by atomic mass is 79.9. The van der Waals surface area contributed by atoms with E-state index in [1.807, 2.05) is 0 Å². The van der Waals surface area contributed by atoms with Crippen molar-refractivity contribution in [2.24, 2.45) is 5.41 Å². The van der Waals surface area contributed by atoms with E-state index in [4.69, 9.17) is 0 Å². The van der Waals surface area contributed by atoms with Crippen molar-refractivity contribution in [2.75, 3.05) is 0 Å². The van der Waals surface area contributed by atoms with Crippen LogP contribution in [0.4, 0.5) is 0 Å². The lowest BCUT2D eigenvalue weighted by atomic mass is 9.87. The van der Waals surface area contributed by atoms with Gasteiger partial charge in [-0.25, -0.2) is 0 Å². The molecule has 1 N–H and O–H groups in total. The summed E-state index contributed by atoms with van der Waals surface area (Å²) in [6.45, 7) is 2.12. The molecule has 0 aliphatic heterocycles. The third-order valence-electron chi connectivity index (χ3n) is 4.00. The van der Waals surface area contributed by atoms with Crippen LogP contribution in [-0.4, -0.2) is 16.8 Å². The first kappa shape index (κ1) is 11.4. The summed E-state index contributed by atoms with van der Waals surface area (Å²) < 4.78 is 0. The molecule has 2 rings (SSSR count). The van der Waals surface area contributed by atoms with Crippen LogP contribution >= 0.6 is 15.9 Å². The number of hydrogen-bond donors (Lipinski definition) is 1. The molecule has 2 aliphatic carbocycles. The van der Waals surface area contributed by atoms with Crippen molar-refractivity contribution < 1.29 is 4.79 Å². The van der Waals surface area contributed by atoms with Crippen LogP contribution in [0.2, 0.25) is 0 Å². The maximum Gasteiger partial charge on any atom is 0.226 e. The highest BCUT2D eigenvalue weighted by molar-refractivity contribution is 9.09. The first-order valence-electron chi connectivity index (χ1n) is 6.07. The van der Waals surface area contributed by atoms with Gasteiger partial charge in [0.1, 0.15) is 0 Å². The van der Waals surface area contributed by atoms with Crippen LogP contribution in [0.15, 0.2) is 0 Å². The standard InChI is InChI=1S/C12H20BrNO/c1-12(7-2-3-8-12)11(15)14-10-6-4-5-9(10)13/h9-10H,2-8H2,1H3,(H,14,15). The topological polar surface area (TPSA) is 29.1 Å². The molecule has 2 aliphatic rings. The number of hydrogen-bond acceptors (Lipinski definition) is 1. The molecule has 1 amide bonds. The van der Waals surface area contributed by atoms with E-state index < -0.39 is 0 Å². The predicted molar refractivity (Wildman–Crippen MR) is 65.1 cm³/mol. The highest BCUT2D eigenvalue weighted by Crippen LogP contribution is 2.38. The quantitative estimate of drug-likeness (QED) is 0.770. The molecule has 0 heterocycles. The summed E-state index contributed by atoms with van der Waals surface area (Å²) in [5.74, 6) is 0.288. The van der Waals surface area contributed by atoms with Crippen LogP contribution in [-0.2, 0) is 4.79 Å². The van der Waals surface area contributed by atoms with Crippen molar-refractivity contribution in [2.45, 2.75) is 62.7 Å². The third-order valence-corrected chi connectivity index (χ3v) is 5.10. The molecule has 3 heteroatoms. The van der Waals surface area contributed by atoms with E-state index in [2.05, 4.69) is 28.2 Å². The van der Waals surface area contributed by atoms with Gasteiger partial charge in [0.2, 0.25) is 5.91 Å². The zero-order chi connectivity index (χ0) is 10.9. The second-order valence-electron chi connectivity index (χ2n) is 5.29. The first-order chi connectivity index (χ1) is 7.12. The normalized spacial score (nSPS) is 34.3. The summed E-state index contributed by atoms with van der Waals surface area (Å²) in [6, 6.07) is 0.370. The van der Waals surface area contributed by atoms with E-state index in [-0.39, 0.29) is 11.3 Å². The molecule has 0 spiro atoms. The number of rotatable bonds is 2. The lowest BCUT2D eigenvalue weighted by Crippen LogP contribution is -2.44. The molecule has 0 aromatic rings. The predicted octanol–water partition coefficient (Wildman–Crippen LogP) is 3.00. The van der Waals surface area contributed by atoms with Crippen LogP contribution < -0.4 is 5.32 Å². The van der Waals surface area contributed by atoms with Gasteiger partial charge in [0, 0.05) is 16.3 Å². The molecule has 0 saturated heterocycles. The van der Waals surface area contributed by atoms with Gasteiger partial charge in [0.05, 0.1) is 0 Å². The Morgan fingerprint density at radius 2 is 1.93 bits per heavy atom. The summed E-state index contributed by atoms with van der Waals surface area (Å²) in [6.07, 6.45) is 8.13. The second kappa shape index (κ2) is 4.44. The van der Waals surface area contributed by atoms with Gasteiger partial charge in [-0.3, -0.25) is 4.79 Å². The lowest BCUT2D eigenvalue weighted by molar-refractivity contribution is -0.130. The summed E-state index contributed by atoms with van der Waals surface area (Å²) >= 11 is 3.64. The zero-order valence-corrected chi connectivity index (χ0v) is 11.0. The average molecular weight is 274 g/mol. The zero-order valence-electron chi connectivity index (χ0n) is 9.39. The Morgan fingerprint density at radius 1 is 1.27 bits per heavy atom. The minimum absolute atomic E-state index is 0.0741. The molecule has 0 aromatic heterocycles. The number of carbonyl (C=O) groups is 1. The van der Waals surface area contributed by atoms with Crippen LogP contribution in [0.1, 0.15) is 51.9 Å². The molecule has 2 atom stereocenters. The fourth-order valence-electron chi connectivity index (χ4n) is 2.80. The Kier molecular flexibility index (Phi) is 3.39. The van der Waals surface area contributed by atoms with Gasteiger partial charge in [-0.2, -0.15) is 0 Å². The lowest BCUT2D eigenvalue weighted by Gasteiger charge is -2.26. The molecule has 15 heavy (non-hydrogen) atoms. The van der Waals surface area contributed by atoms with Gasteiger partial charge < -0.3 is 5.32 Å². The van der Waals surface area contributed by atoms with Crippen molar-refractivity contribution >= 4 is 21.8 Å². The van der Waals surface area contributed by atoms with Gasteiger partial charge in [0.25, 0.3) is 0 Å². The van der Waals surface area contributed by atoms with Crippen molar-refractivity contribution in [1.82, 2.24) is 5.32 Å². The fourth-order valence-corrected chi connectivity index (χ4v) is 3.52. The summed E-state index contributed by atoms with van der Waals surface area (Å²) in [4.78, 5) is 12.6. The van der Waals surface area contributed by atoms with Crippen LogP contribution in [0.25, 0.3) is 0 Å². The maximum absolute atomic E-state index is 12.1. The van der Waals surface area contributed by atoms with E-state index >= 15 is 0 Å². The van der Waals surface area contributed by atoms with E-state index in [0.717, 1.165) is 19.3 Å². The summed E-state index contributed by atoms with van der Waals surface area (Å²) in [7, 11) is 0. The van der Waals surface area contributed by atoms with Crippen molar-refractivity contribution in [3.05, 3.63) is 0 Å². The minimum atomic E-state index is -0.0741. The van der Waals surface area contributed by atoms with E-state index in [1.165, 1.54) is 25.7 Å². The third kappa shape index (κ3) is 2.38. The van der Waals surface area contributed by atoms with Gasteiger partial charge >= 0.3 is 0 Å². The molecule has 0 bridgehead atoms. The van der Waals surface area contributed by atoms with Gasteiger partial charge in [-0.1, -0.05) is 42.1 Å². The van der Waals surface area contributed by atoms with Crippen LogP contribution in [0, 0.1) is 5.41 Å².